The lowest BCUT2D eigenvalue weighted by atomic mass is 10.2. The van der Waals surface area contributed by atoms with E-state index in [0.717, 1.165) is 17.9 Å². The summed E-state index contributed by atoms with van der Waals surface area (Å²) < 4.78 is 7.31. The highest BCUT2D eigenvalue weighted by molar-refractivity contribution is 5.94. The summed E-state index contributed by atoms with van der Waals surface area (Å²) in [6.07, 6.45) is 4.86. The standard InChI is InChI=1S/C14H16N4O2.2ClH/c19-14(13-9-15-5-7-20-13)17-11-2-1-3-12(8-11)18-6-4-16-10-18;;/h1-4,6,8,10,13,15H,5,7,9H2,(H,17,19);2*1H. The van der Waals surface area contributed by atoms with Crippen LogP contribution in [0.15, 0.2) is 43.0 Å². The highest BCUT2D eigenvalue weighted by atomic mass is 35.5. The van der Waals surface area contributed by atoms with Crippen LogP contribution >= 0.6 is 24.8 Å². The number of nitrogens with one attached hydrogen (secondary N) is 2. The van der Waals surface area contributed by atoms with Crippen molar-refractivity contribution in [3.8, 4) is 5.69 Å². The molecule has 120 valence electrons. The van der Waals surface area contributed by atoms with E-state index >= 15 is 0 Å². The van der Waals surface area contributed by atoms with E-state index in [-0.39, 0.29) is 30.7 Å². The fourth-order valence-corrected chi connectivity index (χ4v) is 2.11. The number of halogens is 2. The zero-order chi connectivity index (χ0) is 13.8. The van der Waals surface area contributed by atoms with Crippen LogP contribution in [0.2, 0.25) is 0 Å². The zero-order valence-electron chi connectivity index (χ0n) is 11.8. The molecule has 8 heteroatoms. The second-order valence-corrected chi connectivity index (χ2v) is 4.57. The van der Waals surface area contributed by atoms with Crippen molar-refractivity contribution in [2.75, 3.05) is 25.0 Å². The second-order valence-electron chi connectivity index (χ2n) is 4.57. The van der Waals surface area contributed by atoms with Gasteiger partial charge in [-0.15, -0.1) is 24.8 Å². The van der Waals surface area contributed by atoms with Gasteiger partial charge in [0.15, 0.2) is 0 Å². The maximum Gasteiger partial charge on any atom is 0.254 e. The average molecular weight is 345 g/mol. The fraction of sp³-hybridized carbons (Fsp3) is 0.286. The Morgan fingerprint density at radius 2 is 2.27 bits per heavy atom. The third kappa shape index (κ3) is 4.45. The molecule has 2 aromatic rings. The van der Waals surface area contributed by atoms with Crippen molar-refractivity contribution in [3.05, 3.63) is 43.0 Å². The summed E-state index contributed by atoms with van der Waals surface area (Å²) in [5.74, 6) is -0.125. The molecule has 1 atom stereocenters. The van der Waals surface area contributed by atoms with E-state index in [0.29, 0.717) is 13.2 Å². The lowest BCUT2D eigenvalue weighted by Gasteiger charge is -2.22. The van der Waals surface area contributed by atoms with E-state index in [2.05, 4.69) is 15.6 Å². The van der Waals surface area contributed by atoms with Crippen molar-refractivity contribution in [2.24, 2.45) is 0 Å². The van der Waals surface area contributed by atoms with Crippen LogP contribution in [0, 0.1) is 0 Å². The molecule has 2 heterocycles. The van der Waals surface area contributed by atoms with Crippen LogP contribution in [0.5, 0.6) is 0 Å². The molecule has 1 saturated heterocycles. The van der Waals surface area contributed by atoms with Crippen molar-refractivity contribution < 1.29 is 9.53 Å². The number of anilines is 1. The predicted octanol–water partition coefficient (Wildman–Crippen LogP) is 1.64. The van der Waals surface area contributed by atoms with Gasteiger partial charge in [0, 0.05) is 36.9 Å². The molecule has 0 radical (unpaired) electrons. The van der Waals surface area contributed by atoms with Gasteiger partial charge < -0.3 is 19.9 Å². The molecule has 0 aliphatic carbocycles. The van der Waals surface area contributed by atoms with E-state index in [1.165, 1.54) is 0 Å². The molecule has 1 fully saturated rings. The van der Waals surface area contributed by atoms with Gasteiger partial charge in [-0.2, -0.15) is 0 Å². The lowest BCUT2D eigenvalue weighted by molar-refractivity contribution is -0.128. The lowest BCUT2D eigenvalue weighted by Crippen LogP contribution is -2.45. The van der Waals surface area contributed by atoms with E-state index in [1.54, 1.807) is 12.5 Å². The Labute approximate surface area is 141 Å². The Hall–Kier alpha value is -1.60. The molecule has 0 saturated carbocycles. The topological polar surface area (TPSA) is 68.2 Å². The van der Waals surface area contributed by atoms with Gasteiger partial charge in [0.2, 0.25) is 0 Å². The van der Waals surface area contributed by atoms with E-state index < -0.39 is 6.10 Å². The van der Waals surface area contributed by atoms with Gasteiger partial charge in [0.1, 0.15) is 6.10 Å². The van der Waals surface area contributed by atoms with Crippen LogP contribution in [0.1, 0.15) is 0 Å². The molecule has 1 amide bonds. The van der Waals surface area contributed by atoms with Crippen LogP contribution in [0.3, 0.4) is 0 Å². The molecule has 1 unspecified atom stereocenters. The number of rotatable bonds is 3. The minimum atomic E-state index is -0.430. The molecule has 0 bridgehead atoms. The summed E-state index contributed by atoms with van der Waals surface area (Å²) in [6.45, 7) is 1.90. The average Bonchev–Trinajstić information content (AvgIpc) is 3.03. The molecule has 2 N–H and O–H groups in total. The largest absolute Gasteiger partial charge is 0.366 e. The molecule has 1 aliphatic rings. The van der Waals surface area contributed by atoms with Gasteiger partial charge in [0.05, 0.1) is 12.9 Å². The first-order valence-electron chi connectivity index (χ1n) is 6.54. The molecule has 1 aromatic heterocycles. The normalized spacial score (nSPS) is 17.0. The number of aromatic nitrogens is 2. The van der Waals surface area contributed by atoms with Crippen molar-refractivity contribution >= 4 is 36.4 Å². The van der Waals surface area contributed by atoms with Gasteiger partial charge >= 0.3 is 0 Å². The number of carbonyl (C=O) groups excluding carboxylic acids is 1. The van der Waals surface area contributed by atoms with Crippen molar-refractivity contribution in [1.82, 2.24) is 14.9 Å². The number of carbonyl (C=O) groups is 1. The SMILES string of the molecule is Cl.Cl.O=C(Nc1cccc(-n2ccnc2)c1)C1CNCCO1. The van der Waals surface area contributed by atoms with Crippen LogP contribution in [-0.2, 0) is 9.53 Å². The first-order valence-corrected chi connectivity index (χ1v) is 6.54. The first-order chi connectivity index (χ1) is 9.83. The van der Waals surface area contributed by atoms with E-state index in [9.17, 15) is 4.79 Å². The number of nitrogens with zero attached hydrogens (tertiary/aromatic N) is 2. The quantitative estimate of drug-likeness (QED) is 0.888. The molecular weight excluding hydrogens is 327 g/mol. The number of ether oxygens (including phenoxy) is 1. The van der Waals surface area contributed by atoms with Crippen LogP contribution < -0.4 is 10.6 Å². The molecular formula is C14H18Cl2N4O2. The Bertz CT molecular complexity index is 586. The summed E-state index contributed by atoms with van der Waals surface area (Å²) in [6, 6.07) is 7.60. The third-order valence-corrected chi connectivity index (χ3v) is 3.14. The first kappa shape index (κ1) is 18.4. The van der Waals surface area contributed by atoms with Crippen molar-refractivity contribution in [2.45, 2.75) is 6.10 Å². The summed E-state index contributed by atoms with van der Waals surface area (Å²) in [4.78, 5) is 16.1. The van der Waals surface area contributed by atoms with Gasteiger partial charge in [-0.3, -0.25) is 4.79 Å². The highest BCUT2D eigenvalue weighted by Crippen LogP contribution is 2.15. The van der Waals surface area contributed by atoms with Crippen molar-refractivity contribution in [3.63, 3.8) is 0 Å². The van der Waals surface area contributed by atoms with Gasteiger partial charge in [-0.1, -0.05) is 6.07 Å². The monoisotopic (exact) mass is 344 g/mol. The summed E-state index contributed by atoms with van der Waals surface area (Å²) >= 11 is 0. The Morgan fingerprint density at radius 3 is 2.95 bits per heavy atom. The third-order valence-electron chi connectivity index (χ3n) is 3.14. The van der Waals surface area contributed by atoms with E-state index in [1.807, 2.05) is 35.0 Å². The van der Waals surface area contributed by atoms with Gasteiger partial charge in [0.25, 0.3) is 5.91 Å². The number of amides is 1. The highest BCUT2D eigenvalue weighted by Gasteiger charge is 2.21. The fourth-order valence-electron chi connectivity index (χ4n) is 2.11. The van der Waals surface area contributed by atoms with Crippen molar-refractivity contribution in [1.29, 1.82) is 0 Å². The molecule has 0 spiro atoms. The van der Waals surface area contributed by atoms with Crippen LogP contribution in [0.25, 0.3) is 5.69 Å². The van der Waals surface area contributed by atoms with Gasteiger partial charge in [-0.05, 0) is 18.2 Å². The van der Waals surface area contributed by atoms with Crippen LogP contribution in [0.4, 0.5) is 5.69 Å². The summed E-state index contributed by atoms with van der Waals surface area (Å²) in [5.41, 5.74) is 1.69. The molecule has 1 aliphatic heterocycles. The molecule has 22 heavy (non-hydrogen) atoms. The maximum atomic E-state index is 12.1. The molecule has 1 aromatic carbocycles. The number of hydrogen-bond donors (Lipinski definition) is 2. The minimum absolute atomic E-state index is 0. The molecule has 3 rings (SSSR count). The number of imidazole rings is 1. The predicted molar refractivity (Wildman–Crippen MR) is 89.3 cm³/mol. The van der Waals surface area contributed by atoms with Crippen LogP contribution in [-0.4, -0.2) is 41.3 Å². The maximum absolute atomic E-state index is 12.1. The Balaban J connectivity index is 0.00000121. The zero-order valence-corrected chi connectivity index (χ0v) is 13.4. The molecule has 6 nitrogen and oxygen atoms in total. The van der Waals surface area contributed by atoms with E-state index in [4.69, 9.17) is 4.74 Å². The van der Waals surface area contributed by atoms with Gasteiger partial charge in [-0.25, -0.2) is 4.98 Å². The number of benzene rings is 1. The minimum Gasteiger partial charge on any atom is -0.366 e. The smallest absolute Gasteiger partial charge is 0.254 e. The number of hydrogen-bond acceptors (Lipinski definition) is 4. The Kier molecular flexibility index (Phi) is 7.34. The Morgan fingerprint density at radius 1 is 1.41 bits per heavy atom. The number of morpholine rings is 1. The summed E-state index contributed by atoms with van der Waals surface area (Å²) in [5, 5.41) is 6.01. The summed E-state index contributed by atoms with van der Waals surface area (Å²) in [7, 11) is 0. The second kappa shape index (κ2) is 8.75.